The molecule has 3 heterocycles. The van der Waals surface area contributed by atoms with E-state index in [9.17, 15) is 4.79 Å². The average molecular weight is 404 g/mol. The quantitative estimate of drug-likeness (QED) is 0.434. The van der Waals surface area contributed by atoms with Crippen molar-refractivity contribution in [2.45, 2.75) is 26.2 Å². The summed E-state index contributed by atoms with van der Waals surface area (Å²) in [6.07, 6.45) is 4.18. The zero-order valence-electron chi connectivity index (χ0n) is 17.0. The Bertz CT molecular complexity index is 1120. The van der Waals surface area contributed by atoms with Gasteiger partial charge in [0.1, 0.15) is 11.6 Å². The van der Waals surface area contributed by atoms with Gasteiger partial charge in [-0.05, 0) is 30.7 Å². The fraction of sp³-hybridized carbons (Fsp3) is 0.273. The van der Waals surface area contributed by atoms with Crippen LogP contribution in [0.2, 0.25) is 0 Å². The topological polar surface area (TPSA) is 97.9 Å². The summed E-state index contributed by atoms with van der Waals surface area (Å²) in [5, 5.41) is 11.5. The fourth-order valence-electron chi connectivity index (χ4n) is 3.07. The molecule has 0 radical (unpaired) electrons. The van der Waals surface area contributed by atoms with Crippen LogP contribution >= 0.6 is 0 Å². The Morgan fingerprint density at radius 3 is 2.70 bits per heavy atom. The number of benzene rings is 1. The molecule has 4 rings (SSSR count). The molecule has 0 spiro atoms. The zero-order valence-corrected chi connectivity index (χ0v) is 17.0. The second kappa shape index (κ2) is 8.77. The molecule has 0 saturated carbocycles. The Balaban J connectivity index is 1.57. The molecule has 4 aromatic rings. The highest BCUT2D eigenvalue weighted by Gasteiger charge is 2.17. The molecule has 0 aliphatic carbocycles. The van der Waals surface area contributed by atoms with Crippen LogP contribution in [0.1, 0.15) is 42.6 Å². The van der Waals surface area contributed by atoms with Crippen molar-refractivity contribution in [3.05, 3.63) is 66.5 Å². The summed E-state index contributed by atoms with van der Waals surface area (Å²) < 4.78 is 6.93. The van der Waals surface area contributed by atoms with Gasteiger partial charge in [-0.1, -0.05) is 32.0 Å². The molecule has 8 nitrogen and oxygen atoms in total. The van der Waals surface area contributed by atoms with Gasteiger partial charge >= 0.3 is 0 Å². The summed E-state index contributed by atoms with van der Waals surface area (Å²) in [5.41, 5.74) is 1.70. The van der Waals surface area contributed by atoms with E-state index in [1.54, 1.807) is 18.3 Å². The molecule has 1 atom stereocenters. The maximum atomic E-state index is 12.0. The molecule has 0 aliphatic rings. The van der Waals surface area contributed by atoms with Crippen LogP contribution in [0.5, 0.6) is 0 Å². The number of carbonyl (C=O) groups is 1. The predicted octanol–water partition coefficient (Wildman–Crippen LogP) is 3.76. The number of anilines is 1. The normalized spacial score (nSPS) is 12.1. The highest BCUT2D eigenvalue weighted by molar-refractivity contribution is 5.91. The third-order valence-electron chi connectivity index (χ3n) is 4.95. The minimum Gasteiger partial charge on any atom is -0.459 e. The highest BCUT2D eigenvalue weighted by atomic mass is 16.3. The molecular formula is C22H24N6O2. The highest BCUT2D eigenvalue weighted by Crippen LogP contribution is 2.26. The van der Waals surface area contributed by atoms with Gasteiger partial charge < -0.3 is 15.1 Å². The van der Waals surface area contributed by atoms with Crippen molar-refractivity contribution in [3.63, 3.8) is 0 Å². The number of furan rings is 1. The van der Waals surface area contributed by atoms with Crippen molar-refractivity contribution >= 4 is 22.8 Å². The third kappa shape index (κ3) is 4.03. The average Bonchev–Trinajstić information content (AvgIpc) is 3.46. The van der Waals surface area contributed by atoms with Crippen molar-refractivity contribution in [2.24, 2.45) is 0 Å². The largest absolute Gasteiger partial charge is 0.459 e. The molecule has 30 heavy (non-hydrogen) atoms. The van der Waals surface area contributed by atoms with Crippen LogP contribution in [0.25, 0.3) is 16.7 Å². The summed E-state index contributed by atoms with van der Waals surface area (Å²) in [7, 11) is 0. The van der Waals surface area contributed by atoms with E-state index in [1.807, 2.05) is 35.0 Å². The summed E-state index contributed by atoms with van der Waals surface area (Å²) in [6.45, 7) is 5.16. The minimum absolute atomic E-state index is 0.215. The Labute approximate surface area is 174 Å². The van der Waals surface area contributed by atoms with Crippen LogP contribution in [-0.2, 0) is 0 Å². The first kappa shape index (κ1) is 19.6. The van der Waals surface area contributed by atoms with Crippen LogP contribution in [0.15, 0.2) is 59.3 Å². The van der Waals surface area contributed by atoms with Crippen LogP contribution in [0.3, 0.4) is 0 Å². The maximum absolute atomic E-state index is 12.0. The number of carbonyl (C=O) groups excluding carboxylic acids is 1. The van der Waals surface area contributed by atoms with E-state index >= 15 is 0 Å². The molecule has 0 fully saturated rings. The second-order valence-electron chi connectivity index (χ2n) is 7.03. The lowest BCUT2D eigenvalue weighted by Gasteiger charge is -2.13. The molecule has 3 aromatic heterocycles. The molecule has 154 valence electrons. The Morgan fingerprint density at radius 2 is 1.97 bits per heavy atom. The number of para-hydroxylation sites is 1. The Morgan fingerprint density at radius 1 is 1.13 bits per heavy atom. The van der Waals surface area contributed by atoms with E-state index in [-0.39, 0.29) is 11.8 Å². The van der Waals surface area contributed by atoms with Gasteiger partial charge in [-0.3, -0.25) is 4.79 Å². The van der Waals surface area contributed by atoms with Crippen LogP contribution < -0.4 is 10.6 Å². The van der Waals surface area contributed by atoms with Crippen molar-refractivity contribution < 1.29 is 9.21 Å². The molecule has 0 bridgehead atoms. The summed E-state index contributed by atoms with van der Waals surface area (Å²) in [4.78, 5) is 21.5. The standard InChI is InChI=1S/C22H24N6O2/c1-3-15(2)19-26-20(23-11-12-24-22(29)18-10-7-13-30-18)17-14-25-28(21(17)27-19)16-8-5-4-6-9-16/h4-10,13-15H,3,11-12H2,1-2H3,(H,24,29)(H,23,26,27). The van der Waals surface area contributed by atoms with E-state index in [2.05, 4.69) is 29.6 Å². The minimum atomic E-state index is -0.244. The van der Waals surface area contributed by atoms with Crippen molar-refractivity contribution in [2.75, 3.05) is 18.4 Å². The SMILES string of the molecule is CCC(C)c1nc(NCCNC(=O)c2ccco2)c2cnn(-c3ccccc3)c2n1. The molecule has 1 amide bonds. The lowest BCUT2D eigenvalue weighted by Crippen LogP contribution is -2.28. The first-order valence-corrected chi connectivity index (χ1v) is 10.0. The van der Waals surface area contributed by atoms with Gasteiger partial charge in [-0.15, -0.1) is 0 Å². The van der Waals surface area contributed by atoms with Gasteiger partial charge in [0.15, 0.2) is 11.4 Å². The van der Waals surface area contributed by atoms with Crippen molar-refractivity contribution in [3.8, 4) is 5.69 Å². The van der Waals surface area contributed by atoms with Crippen molar-refractivity contribution in [1.29, 1.82) is 0 Å². The fourth-order valence-corrected chi connectivity index (χ4v) is 3.07. The Hall–Kier alpha value is -3.68. The number of hydrogen-bond acceptors (Lipinski definition) is 6. The number of nitrogens with zero attached hydrogens (tertiary/aromatic N) is 4. The molecule has 0 aliphatic heterocycles. The first-order valence-electron chi connectivity index (χ1n) is 10.0. The summed E-state index contributed by atoms with van der Waals surface area (Å²) >= 11 is 0. The number of nitrogens with one attached hydrogen (secondary N) is 2. The van der Waals surface area contributed by atoms with E-state index in [0.717, 1.165) is 29.0 Å². The zero-order chi connectivity index (χ0) is 20.9. The van der Waals surface area contributed by atoms with Gasteiger partial charge in [-0.25, -0.2) is 14.6 Å². The number of hydrogen-bond donors (Lipinski definition) is 2. The van der Waals surface area contributed by atoms with Gasteiger partial charge in [0.25, 0.3) is 5.91 Å². The number of amides is 1. The molecular weight excluding hydrogens is 380 g/mol. The molecule has 2 N–H and O–H groups in total. The van der Waals surface area contributed by atoms with Crippen LogP contribution in [0, 0.1) is 0 Å². The van der Waals surface area contributed by atoms with Gasteiger partial charge in [0.05, 0.1) is 23.5 Å². The monoisotopic (exact) mass is 404 g/mol. The summed E-state index contributed by atoms with van der Waals surface area (Å²) in [5.74, 6) is 1.75. The van der Waals surface area contributed by atoms with E-state index < -0.39 is 0 Å². The molecule has 1 unspecified atom stereocenters. The third-order valence-corrected chi connectivity index (χ3v) is 4.95. The van der Waals surface area contributed by atoms with E-state index in [1.165, 1.54) is 6.26 Å². The lowest BCUT2D eigenvalue weighted by molar-refractivity contribution is 0.0927. The van der Waals surface area contributed by atoms with Gasteiger partial charge in [0.2, 0.25) is 0 Å². The van der Waals surface area contributed by atoms with Crippen LogP contribution in [-0.4, -0.2) is 38.7 Å². The molecule has 8 heteroatoms. The Kier molecular flexibility index (Phi) is 5.74. The number of rotatable bonds is 8. The lowest BCUT2D eigenvalue weighted by atomic mass is 10.1. The first-order chi connectivity index (χ1) is 14.7. The van der Waals surface area contributed by atoms with E-state index in [0.29, 0.717) is 24.7 Å². The second-order valence-corrected chi connectivity index (χ2v) is 7.03. The smallest absolute Gasteiger partial charge is 0.287 e. The summed E-state index contributed by atoms with van der Waals surface area (Å²) in [6, 6.07) is 13.2. The van der Waals surface area contributed by atoms with Gasteiger partial charge in [0, 0.05) is 19.0 Å². The predicted molar refractivity (Wildman–Crippen MR) is 115 cm³/mol. The molecule has 0 saturated heterocycles. The van der Waals surface area contributed by atoms with Gasteiger partial charge in [-0.2, -0.15) is 5.10 Å². The maximum Gasteiger partial charge on any atom is 0.287 e. The van der Waals surface area contributed by atoms with E-state index in [4.69, 9.17) is 14.4 Å². The number of aromatic nitrogens is 4. The number of fused-ring (bicyclic) bond motifs is 1. The molecule has 1 aromatic carbocycles. The van der Waals surface area contributed by atoms with Crippen LogP contribution in [0.4, 0.5) is 5.82 Å². The van der Waals surface area contributed by atoms with Crippen molar-refractivity contribution in [1.82, 2.24) is 25.1 Å².